The van der Waals surface area contributed by atoms with Crippen molar-refractivity contribution in [1.82, 2.24) is 20.0 Å². The summed E-state index contributed by atoms with van der Waals surface area (Å²) in [6.07, 6.45) is 0.885. The largest absolute Gasteiger partial charge is 0.336 e. The summed E-state index contributed by atoms with van der Waals surface area (Å²) in [5, 5.41) is 8.30. The van der Waals surface area contributed by atoms with Crippen molar-refractivity contribution in [2.45, 2.75) is 46.2 Å². The molecule has 0 saturated carbocycles. The third kappa shape index (κ3) is 4.03. The van der Waals surface area contributed by atoms with E-state index in [0.717, 1.165) is 37.4 Å². The number of hydrogen-bond acceptors (Lipinski definition) is 7. The number of thiazole rings is 1. The second-order valence-electron chi connectivity index (χ2n) is 8.49. The Bertz CT molecular complexity index is 1280. The average molecular weight is 448 g/mol. The Balaban J connectivity index is 1.36. The fourth-order valence-electron chi connectivity index (χ4n) is 4.03. The normalized spacial score (nSPS) is 14.1. The van der Waals surface area contributed by atoms with E-state index in [-0.39, 0.29) is 11.8 Å². The van der Waals surface area contributed by atoms with Crippen LogP contribution in [-0.2, 0) is 19.5 Å². The van der Waals surface area contributed by atoms with E-state index in [9.17, 15) is 4.79 Å². The van der Waals surface area contributed by atoms with Gasteiger partial charge in [0.05, 0.1) is 22.3 Å². The van der Waals surface area contributed by atoms with Gasteiger partial charge in [0.15, 0.2) is 5.13 Å². The minimum absolute atomic E-state index is 0.166. The third-order valence-electron chi connectivity index (χ3n) is 5.75. The summed E-state index contributed by atoms with van der Waals surface area (Å²) in [7, 11) is 0. The lowest BCUT2D eigenvalue weighted by Gasteiger charge is -2.25. The van der Waals surface area contributed by atoms with Crippen LogP contribution in [0.15, 0.2) is 40.9 Å². The molecule has 0 atom stereocenters. The topological polar surface area (TPSA) is 84.1 Å². The van der Waals surface area contributed by atoms with Crippen LogP contribution in [-0.4, -0.2) is 32.5 Å². The zero-order valence-corrected chi connectivity index (χ0v) is 19.2. The van der Waals surface area contributed by atoms with Crippen molar-refractivity contribution in [3.63, 3.8) is 0 Å². The molecule has 164 valence electrons. The van der Waals surface area contributed by atoms with Crippen LogP contribution in [0.2, 0.25) is 0 Å². The first kappa shape index (κ1) is 20.8. The van der Waals surface area contributed by atoms with Crippen molar-refractivity contribution in [3.05, 3.63) is 69.5 Å². The number of nitrogens with one attached hydrogen (secondary N) is 1. The van der Waals surface area contributed by atoms with Gasteiger partial charge in [-0.1, -0.05) is 49.3 Å². The smallest absolute Gasteiger partial charge is 0.259 e. The van der Waals surface area contributed by atoms with E-state index in [1.165, 1.54) is 10.4 Å². The summed E-state index contributed by atoms with van der Waals surface area (Å²) >= 11 is 1.56. The van der Waals surface area contributed by atoms with E-state index < -0.39 is 0 Å². The lowest BCUT2D eigenvalue weighted by Crippen LogP contribution is -2.29. The molecule has 0 spiro atoms. The van der Waals surface area contributed by atoms with Crippen molar-refractivity contribution in [3.8, 4) is 0 Å². The summed E-state index contributed by atoms with van der Waals surface area (Å²) < 4.78 is 5.35. The van der Waals surface area contributed by atoms with E-state index in [2.05, 4.69) is 44.6 Å². The molecule has 7 nitrogen and oxygen atoms in total. The van der Waals surface area contributed by atoms with Crippen LogP contribution >= 0.6 is 11.3 Å². The highest BCUT2D eigenvalue weighted by Crippen LogP contribution is 2.31. The van der Waals surface area contributed by atoms with Crippen molar-refractivity contribution in [1.29, 1.82) is 0 Å². The number of pyridine rings is 1. The molecule has 0 bridgehead atoms. The maximum atomic E-state index is 13.2. The van der Waals surface area contributed by atoms with Gasteiger partial charge in [-0.25, -0.2) is 9.97 Å². The molecule has 1 aliphatic heterocycles. The monoisotopic (exact) mass is 447 g/mol. The van der Waals surface area contributed by atoms with Gasteiger partial charge in [0.2, 0.25) is 0 Å². The van der Waals surface area contributed by atoms with Crippen molar-refractivity contribution < 1.29 is 9.32 Å². The van der Waals surface area contributed by atoms with Crippen LogP contribution in [0.3, 0.4) is 0 Å². The second kappa shape index (κ2) is 8.44. The lowest BCUT2D eigenvalue weighted by atomic mass is 10.0. The van der Waals surface area contributed by atoms with E-state index in [0.29, 0.717) is 27.5 Å². The molecule has 0 fully saturated rings. The molecule has 32 heavy (non-hydrogen) atoms. The fraction of sp³-hybridized carbons (Fsp3) is 0.333. The van der Waals surface area contributed by atoms with Gasteiger partial charge >= 0.3 is 0 Å². The zero-order chi connectivity index (χ0) is 22.2. The van der Waals surface area contributed by atoms with Crippen LogP contribution in [0, 0.1) is 6.92 Å². The standard InChI is InChI=1S/C24H25N5O2S/c1-14(2)19-11-17(21-15(3)28-31-23(21)25-19)22(30)27-24-26-18-9-10-29(13-20(18)32-24)12-16-7-5-4-6-8-16/h4-8,11,14H,9-10,12-13H2,1-3H3,(H,26,27,30). The molecule has 3 aromatic heterocycles. The molecular formula is C24H25N5O2S. The number of carbonyl (C=O) groups is 1. The molecule has 0 saturated heterocycles. The minimum Gasteiger partial charge on any atom is -0.336 e. The van der Waals surface area contributed by atoms with Crippen LogP contribution in [0.4, 0.5) is 5.13 Å². The van der Waals surface area contributed by atoms with Gasteiger partial charge in [0, 0.05) is 36.6 Å². The van der Waals surface area contributed by atoms with Crippen molar-refractivity contribution >= 4 is 33.5 Å². The molecule has 5 rings (SSSR count). The summed E-state index contributed by atoms with van der Waals surface area (Å²) in [6.45, 7) is 8.62. The molecule has 1 aromatic carbocycles. The molecule has 0 aliphatic carbocycles. The Hall–Kier alpha value is -3.10. The third-order valence-corrected chi connectivity index (χ3v) is 6.75. The maximum absolute atomic E-state index is 13.2. The van der Waals surface area contributed by atoms with E-state index in [1.807, 2.05) is 32.9 Å². The predicted octanol–water partition coefficient (Wildman–Crippen LogP) is 4.92. The highest BCUT2D eigenvalue weighted by molar-refractivity contribution is 7.15. The SMILES string of the molecule is Cc1noc2nc(C(C)C)cc(C(=O)Nc3nc4c(s3)CN(Cc3ccccc3)CC4)c12. The Morgan fingerprint density at radius 2 is 2.06 bits per heavy atom. The molecule has 0 radical (unpaired) electrons. The minimum atomic E-state index is -0.210. The number of aromatic nitrogens is 3. The number of amides is 1. The van der Waals surface area contributed by atoms with Gasteiger partial charge in [0.1, 0.15) is 0 Å². The summed E-state index contributed by atoms with van der Waals surface area (Å²) in [4.78, 5) is 26.1. The van der Waals surface area contributed by atoms with Gasteiger partial charge in [-0.15, -0.1) is 11.3 Å². The van der Waals surface area contributed by atoms with Crippen molar-refractivity contribution in [2.24, 2.45) is 0 Å². The lowest BCUT2D eigenvalue weighted by molar-refractivity contribution is 0.102. The molecule has 4 aromatic rings. The van der Waals surface area contributed by atoms with E-state index in [4.69, 9.17) is 9.51 Å². The average Bonchev–Trinajstić information content (AvgIpc) is 3.36. The number of hydrogen-bond donors (Lipinski definition) is 1. The first-order valence-electron chi connectivity index (χ1n) is 10.8. The number of rotatable bonds is 5. The number of anilines is 1. The number of aryl methyl sites for hydroxylation is 1. The maximum Gasteiger partial charge on any atom is 0.259 e. The van der Waals surface area contributed by atoms with Gasteiger partial charge < -0.3 is 4.52 Å². The Morgan fingerprint density at radius 3 is 2.84 bits per heavy atom. The molecule has 0 unspecified atom stereocenters. The van der Waals surface area contributed by atoms with Gasteiger partial charge in [0.25, 0.3) is 11.6 Å². The zero-order valence-electron chi connectivity index (χ0n) is 18.4. The fourth-order valence-corrected chi connectivity index (χ4v) is 5.08. The molecule has 1 N–H and O–H groups in total. The van der Waals surface area contributed by atoms with E-state index >= 15 is 0 Å². The van der Waals surface area contributed by atoms with Gasteiger partial charge in [-0.3, -0.25) is 15.0 Å². The Kier molecular flexibility index (Phi) is 5.48. The second-order valence-corrected chi connectivity index (χ2v) is 9.57. The number of nitrogens with zero attached hydrogens (tertiary/aromatic N) is 4. The summed E-state index contributed by atoms with van der Waals surface area (Å²) in [5.74, 6) is -0.0445. The number of benzene rings is 1. The predicted molar refractivity (Wildman–Crippen MR) is 125 cm³/mol. The molecule has 1 amide bonds. The molecule has 8 heteroatoms. The van der Waals surface area contributed by atoms with Gasteiger partial charge in [-0.05, 0) is 24.5 Å². The van der Waals surface area contributed by atoms with E-state index in [1.54, 1.807) is 11.3 Å². The summed E-state index contributed by atoms with van der Waals surface area (Å²) in [6, 6.07) is 12.3. The first-order chi connectivity index (χ1) is 15.5. The summed E-state index contributed by atoms with van der Waals surface area (Å²) in [5.41, 5.74) is 4.76. The number of fused-ring (bicyclic) bond motifs is 2. The van der Waals surface area contributed by atoms with Crippen molar-refractivity contribution in [2.75, 3.05) is 11.9 Å². The quantitative estimate of drug-likeness (QED) is 0.467. The number of carbonyl (C=O) groups excluding carboxylic acids is 1. The van der Waals surface area contributed by atoms with Gasteiger partial charge in [-0.2, -0.15) is 0 Å². The first-order valence-corrected chi connectivity index (χ1v) is 11.6. The Labute approximate surface area is 190 Å². The Morgan fingerprint density at radius 1 is 1.25 bits per heavy atom. The molecule has 1 aliphatic rings. The van der Waals surface area contributed by atoms with Crippen LogP contribution in [0.5, 0.6) is 0 Å². The highest BCUT2D eigenvalue weighted by Gasteiger charge is 2.24. The van der Waals surface area contributed by atoms with Crippen LogP contribution in [0.25, 0.3) is 11.1 Å². The highest BCUT2D eigenvalue weighted by atomic mass is 32.1. The van der Waals surface area contributed by atoms with Crippen LogP contribution in [0.1, 0.15) is 57.6 Å². The molecule has 4 heterocycles. The van der Waals surface area contributed by atoms with Crippen LogP contribution < -0.4 is 5.32 Å². The molecular weight excluding hydrogens is 422 g/mol.